The van der Waals surface area contributed by atoms with Crippen LogP contribution in [-0.4, -0.2) is 42.8 Å². The van der Waals surface area contributed by atoms with Crippen LogP contribution in [0.5, 0.6) is 0 Å². The number of carbonyl (C=O) groups is 1. The molecule has 0 unspecified atom stereocenters. The zero-order valence-corrected chi connectivity index (χ0v) is 11.0. The van der Waals surface area contributed by atoms with Crippen LogP contribution < -0.4 is 5.32 Å². The van der Waals surface area contributed by atoms with Gasteiger partial charge in [-0.15, -0.1) is 12.4 Å². The van der Waals surface area contributed by atoms with Crippen LogP contribution in [0.25, 0.3) is 0 Å². The summed E-state index contributed by atoms with van der Waals surface area (Å²) in [4.78, 5) is 13.5. The highest BCUT2D eigenvalue weighted by Crippen LogP contribution is 2.36. The summed E-state index contributed by atoms with van der Waals surface area (Å²) < 4.78 is 5.31. The van der Waals surface area contributed by atoms with E-state index in [0.717, 1.165) is 26.2 Å². The summed E-state index contributed by atoms with van der Waals surface area (Å²) in [7, 11) is 0. The number of amides is 1. The van der Waals surface area contributed by atoms with Crippen molar-refractivity contribution in [1.29, 1.82) is 0 Å². The summed E-state index contributed by atoms with van der Waals surface area (Å²) in [5, 5.41) is 3.34. The van der Waals surface area contributed by atoms with E-state index in [9.17, 15) is 4.79 Å². The van der Waals surface area contributed by atoms with Gasteiger partial charge < -0.3 is 15.0 Å². The highest BCUT2D eigenvalue weighted by atomic mass is 35.5. The monoisotopic (exact) mass is 248 g/mol. The van der Waals surface area contributed by atoms with Gasteiger partial charge in [-0.2, -0.15) is 0 Å². The molecule has 5 heteroatoms. The topological polar surface area (TPSA) is 41.6 Å². The van der Waals surface area contributed by atoms with Crippen molar-refractivity contribution in [1.82, 2.24) is 10.2 Å². The molecule has 2 fully saturated rings. The van der Waals surface area contributed by atoms with Gasteiger partial charge in [-0.05, 0) is 33.7 Å². The molecule has 0 aromatic rings. The number of nitrogens with one attached hydrogen (secondary N) is 1. The average molecular weight is 249 g/mol. The molecule has 0 atom stereocenters. The van der Waals surface area contributed by atoms with Gasteiger partial charge >= 0.3 is 6.09 Å². The Morgan fingerprint density at radius 1 is 1.38 bits per heavy atom. The van der Waals surface area contributed by atoms with E-state index < -0.39 is 0 Å². The van der Waals surface area contributed by atoms with Gasteiger partial charge in [-0.25, -0.2) is 4.79 Å². The molecule has 4 nitrogen and oxygen atoms in total. The summed E-state index contributed by atoms with van der Waals surface area (Å²) in [6, 6.07) is 0. The molecule has 0 aromatic heterocycles. The molecule has 2 rings (SSSR count). The lowest BCUT2D eigenvalue weighted by Crippen LogP contribution is -2.60. The minimum Gasteiger partial charge on any atom is -0.444 e. The molecule has 0 bridgehead atoms. The van der Waals surface area contributed by atoms with Gasteiger partial charge in [-0.3, -0.25) is 0 Å². The lowest BCUT2D eigenvalue weighted by atomic mass is 9.79. The third-order valence-electron chi connectivity index (χ3n) is 3.04. The summed E-state index contributed by atoms with van der Waals surface area (Å²) >= 11 is 0. The Morgan fingerprint density at radius 2 is 2.00 bits per heavy atom. The second-order valence-corrected chi connectivity index (χ2v) is 5.76. The quantitative estimate of drug-likeness (QED) is 0.709. The first-order chi connectivity index (χ1) is 6.90. The third kappa shape index (κ3) is 2.80. The lowest BCUT2D eigenvalue weighted by molar-refractivity contribution is -0.0271. The van der Waals surface area contributed by atoms with Crippen LogP contribution in [0, 0.1) is 5.41 Å². The van der Waals surface area contributed by atoms with Crippen LogP contribution >= 0.6 is 12.4 Å². The lowest BCUT2D eigenvalue weighted by Gasteiger charge is -2.47. The maximum atomic E-state index is 11.7. The zero-order chi connectivity index (χ0) is 11.1. The van der Waals surface area contributed by atoms with Crippen LogP contribution in [0.15, 0.2) is 0 Å². The second-order valence-electron chi connectivity index (χ2n) is 5.76. The number of carbonyl (C=O) groups excluding carboxylic acids is 1. The Hall–Kier alpha value is -0.480. The Labute approximate surface area is 103 Å². The molecule has 1 N–H and O–H groups in total. The molecule has 1 amide bonds. The van der Waals surface area contributed by atoms with Gasteiger partial charge in [0.05, 0.1) is 0 Å². The molecule has 2 saturated heterocycles. The average Bonchev–Trinajstić information content (AvgIpc) is 2.44. The van der Waals surface area contributed by atoms with Crippen LogP contribution in [0.2, 0.25) is 0 Å². The number of ether oxygens (including phenoxy) is 1. The molecular weight excluding hydrogens is 228 g/mol. The normalized spacial score (nSPS) is 22.6. The molecular formula is C11H21ClN2O2. The first-order valence-electron chi connectivity index (χ1n) is 5.59. The van der Waals surface area contributed by atoms with E-state index in [2.05, 4.69) is 5.32 Å². The zero-order valence-electron chi connectivity index (χ0n) is 10.2. The van der Waals surface area contributed by atoms with E-state index in [1.807, 2.05) is 20.8 Å². The second kappa shape index (κ2) is 4.41. The molecule has 2 aliphatic rings. The molecule has 0 saturated carbocycles. The summed E-state index contributed by atoms with van der Waals surface area (Å²) in [6.07, 6.45) is 1.02. The van der Waals surface area contributed by atoms with E-state index >= 15 is 0 Å². The molecule has 2 aliphatic heterocycles. The summed E-state index contributed by atoms with van der Waals surface area (Å²) in [6.45, 7) is 9.55. The fourth-order valence-electron chi connectivity index (χ4n) is 2.28. The number of hydrogen-bond acceptors (Lipinski definition) is 3. The van der Waals surface area contributed by atoms with Crippen molar-refractivity contribution in [2.24, 2.45) is 5.41 Å². The first-order valence-corrected chi connectivity index (χ1v) is 5.59. The Kier molecular flexibility index (Phi) is 3.75. The van der Waals surface area contributed by atoms with Crippen LogP contribution in [0.4, 0.5) is 4.79 Å². The Balaban J connectivity index is 0.00000128. The number of likely N-dealkylation sites (tertiary alicyclic amines) is 1. The smallest absolute Gasteiger partial charge is 0.410 e. The van der Waals surface area contributed by atoms with Crippen LogP contribution in [0.1, 0.15) is 27.2 Å². The molecule has 2 heterocycles. The molecule has 16 heavy (non-hydrogen) atoms. The minimum absolute atomic E-state index is 0. The van der Waals surface area contributed by atoms with E-state index in [1.54, 1.807) is 4.90 Å². The third-order valence-corrected chi connectivity index (χ3v) is 3.04. The molecule has 1 spiro atoms. The highest BCUT2D eigenvalue weighted by molar-refractivity contribution is 5.85. The molecule has 0 aromatic carbocycles. The van der Waals surface area contributed by atoms with E-state index in [4.69, 9.17) is 4.74 Å². The van der Waals surface area contributed by atoms with E-state index in [1.165, 1.54) is 6.42 Å². The summed E-state index contributed by atoms with van der Waals surface area (Å²) in [5.41, 5.74) is -0.0231. The van der Waals surface area contributed by atoms with Crippen molar-refractivity contribution in [2.45, 2.75) is 32.8 Å². The van der Waals surface area contributed by atoms with Gasteiger partial charge in [0.25, 0.3) is 0 Å². The fourth-order valence-corrected chi connectivity index (χ4v) is 2.28. The standard InChI is InChI=1S/C11H20N2O2.ClH/c1-10(2,3)15-9(14)13-7-11(8-13)4-5-12-6-11;/h12H,4-8H2,1-3H3;1H. The first kappa shape index (κ1) is 13.6. The van der Waals surface area contributed by atoms with Crippen molar-refractivity contribution in [2.75, 3.05) is 26.2 Å². The minimum atomic E-state index is -0.381. The van der Waals surface area contributed by atoms with Crippen molar-refractivity contribution < 1.29 is 9.53 Å². The highest BCUT2D eigenvalue weighted by Gasteiger charge is 2.47. The summed E-state index contributed by atoms with van der Waals surface area (Å²) in [5.74, 6) is 0. The number of nitrogens with zero attached hydrogens (tertiary/aromatic N) is 1. The van der Waals surface area contributed by atoms with Crippen molar-refractivity contribution in [3.63, 3.8) is 0 Å². The molecule has 0 aliphatic carbocycles. The Morgan fingerprint density at radius 3 is 2.44 bits per heavy atom. The van der Waals surface area contributed by atoms with Gasteiger partial charge in [0.1, 0.15) is 5.60 Å². The van der Waals surface area contributed by atoms with Gasteiger partial charge in [0.2, 0.25) is 0 Å². The van der Waals surface area contributed by atoms with Gasteiger partial charge in [-0.1, -0.05) is 0 Å². The largest absolute Gasteiger partial charge is 0.444 e. The van der Waals surface area contributed by atoms with Crippen molar-refractivity contribution >= 4 is 18.5 Å². The van der Waals surface area contributed by atoms with Crippen molar-refractivity contribution in [3.8, 4) is 0 Å². The predicted octanol–water partition coefficient (Wildman–Crippen LogP) is 1.64. The maximum Gasteiger partial charge on any atom is 0.410 e. The SMILES string of the molecule is CC(C)(C)OC(=O)N1CC2(CCNC2)C1.Cl. The Bertz CT molecular complexity index is 262. The van der Waals surface area contributed by atoms with Gasteiger partial charge in [0.15, 0.2) is 0 Å². The van der Waals surface area contributed by atoms with Crippen LogP contribution in [0.3, 0.4) is 0 Å². The molecule has 94 valence electrons. The number of halogens is 1. The number of hydrogen-bond donors (Lipinski definition) is 1. The number of rotatable bonds is 0. The predicted molar refractivity (Wildman–Crippen MR) is 65.0 cm³/mol. The van der Waals surface area contributed by atoms with Gasteiger partial charge in [0, 0.05) is 25.0 Å². The van der Waals surface area contributed by atoms with E-state index in [-0.39, 0.29) is 24.1 Å². The van der Waals surface area contributed by atoms with Crippen LogP contribution in [-0.2, 0) is 4.74 Å². The van der Waals surface area contributed by atoms with Crippen molar-refractivity contribution in [3.05, 3.63) is 0 Å². The fraction of sp³-hybridized carbons (Fsp3) is 0.909. The molecule has 0 radical (unpaired) electrons. The maximum absolute atomic E-state index is 11.7. The van der Waals surface area contributed by atoms with E-state index in [0.29, 0.717) is 5.41 Å².